The summed E-state index contributed by atoms with van der Waals surface area (Å²) < 4.78 is 14.6. The highest BCUT2D eigenvalue weighted by Gasteiger charge is 2.04. The first kappa shape index (κ1) is 11.9. The average Bonchev–Trinajstić information content (AvgIpc) is 2.47. The van der Waals surface area contributed by atoms with Gasteiger partial charge in [-0.1, -0.05) is 0 Å². The van der Waals surface area contributed by atoms with Gasteiger partial charge in [-0.25, -0.2) is 4.39 Å². The molecule has 2 N–H and O–H groups in total. The largest absolute Gasteiger partial charge is 0.326 e. The van der Waals surface area contributed by atoms with Crippen LogP contribution < -0.4 is 5.73 Å². The van der Waals surface area contributed by atoms with Gasteiger partial charge in [0.15, 0.2) is 0 Å². The summed E-state index contributed by atoms with van der Waals surface area (Å²) in [6, 6.07) is 4.67. The SMILES string of the molecule is C[C@H](N)Cn1ncc2cc(F)ccc21.Cl. The number of hydrogen-bond acceptors (Lipinski definition) is 2. The Balaban J connectivity index is 0.00000112. The molecule has 5 heteroatoms. The van der Waals surface area contributed by atoms with Gasteiger partial charge in [-0.3, -0.25) is 4.68 Å². The van der Waals surface area contributed by atoms with Crippen molar-refractivity contribution in [2.75, 3.05) is 0 Å². The minimum absolute atomic E-state index is 0. The minimum Gasteiger partial charge on any atom is -0.326 e. The molecule has 2 aromatic rings. The van der Waals surface area contributed by atoms with Gasteiger partial charge in [0.2, 0.25) is 0 Å². The molecule has 0 saturated heterocycles. The van der Waals surface area contributed by atoms with Crippen LogP contribution in [0.3, 0.4) is 0 Å². The van der Waals surface area contributed by atoms with E-state index in [4.69, 9.17) is 5.73 Å². The van der Waals surface area contributed by atoms with E-state index in [9.17, 15) is 4.39 Å². The third-order valence-corrected chi connectivity index (χ3v) is 2.06. The Labute approximate surface area is 93.5 Å². The van der Waals surface area contributed by atoms with E-state index in [0.29, 0.717) is 6.54 Å². The highest BCUT2D eigenvalue weighted by Crippen LogP contribution is 2.14. The zero-order valence-corrected chi connectivity index (χ0v) is 9.17. The first-order valence-electron chi connectivity index (χ1n) is 4.53. The van der Waals surface area contributed by atoms with E-state index in [1.165, 1.54) is 12.1 Å². The Hall–Kier alpha value is -1.13. The van der Waals surface area contributed by atoms with Crippen molar-refractivity contribution >= 4 is 23.3 Å². The Morgan fingerprint density at radius 3 is 2.93 bits per heavy atom. The molecule has 1 atom stereocenters. The predicted molar refractivity (Wildman–Crippen MR) is 60.6 cm³/mol. The Bertz CT molecular complexity index is 453. The molecule has 3 nitrogen and oxygen atoms in total. The van der Waals surface area contributed by atoms with Crippen LogP contribution in [0.25, 0.3) is 10.9 Å². The molecule has 2 rings (SSSR count). The molecule has 0 saturated carbocycles. The van der Waals surface area contributed by atoms with Gasteiger partial charge in [0, 0.05) is 11.4 Å². The van der Waals surface area contributed by atoms with E-state index >= 15 is 0 Å². The third kappa shape index (κ3) is 2.46. The molecule has 1 aromatic heterocycles. The number of nitrogens with two attached hydrogens (primary N) is 1. The summed E-state index contributed by atoms with van der Waals surface area (Å²) in [6.45, 7) is 2.56. The quantitative estimate of drug-likeness (QED) is 0.856. The van der Waals surface area contributed by atoms with Crippen molar-refractivity contribution in [3.63, 3.8) is 0 Å². The van der Waals surface area contributed by atoms with Crippen molar-refractivity contribution in [2.45, 2.75) is 19.5 Å². The van der Waals surface area contributed by atoms with Gasteiger partial charge in [0.1, 0.15) is 5.82 Å². The molecular formula is C10H13ClFN3. The van der Waals surface area contributed by atoms with Crippen LogP contribution in [0.2, 0.25) is 0 Å². The number of aromatic nitrogens is 2. The number of nitrogens with zero attached hydrogens (tertiary/aromatic N) is 2. The molecule has 0 radical (unpaired) electrons. The van der Waals surface area contributed by atoms with E-state index < -0.39 is 0 Å². The lowest BCUT2D eigenvalue weighted by Crippen LogP contribution is -2.22. The first-order chi connectivity index (χ1) is 6.66. The van der Waals surface area contributed by atoms with Gasteiger partial charge >= 0.3 is 0 Å². The summed E-state index contributed by atoms with van der Waals surface area (Å²) in [6.07, 6.45) is 1.65. The van der Waals surface area contributed by atoms with Crippen molar-refractivity contribution in [3.8, 4) is 0 Å². The molecule has 0 fully saturated rings. The molecular weight excluding hydrogens is 217 g/mol. The van der Waals surface area contributed by atoms with Crippen LogP contribution in [0.1, 0.15) is 6.92 Å². The van der Waals surface area contributed by atoms with Crippen LogP contribution >= 0.6 is 12.4 Å². The smallest absolute Gasteiger partial charge is 0.124 e. The molecule has 15 heavy (non-hydrogen) atoms. The molecule has 1 aromatic carbocycles. The highest BCUT2D eigenvalue weighted by molar-refractivity contribution is 5.85. The summed E-state index contributed by atoms with van der Waals surface area (Å²) in [5.41, 5.74) is 6.59. The number of benzene rings is 1. The fourth-order valence-electron chi connectivity index (χ4n) is 1.48. The van der Waals surface area contributed by atoms with E-state index in [-0.39, 0.29) is 24.3 Å². The van der Waals surface area contributed by atoms with Crippen molar-refractivity contribution in [1.82, 2.24) is 9.78 Å². The van der Waals surface area contributed by atoms with E-state index in [1.54, 1.807) is 16.9 Å². The maximum atomic E-state index is 12.8. The summed E-state index contributed by atoms with van der Waals surface area (Å²) >= 11 is 0. The van der Waals surface area contributed by atoms with E-state index in [1.807, 2.05) is 6.92 Å². The molecule has 0 spiro atoms. The van der Waals surface area contributed by atoms with Crippen molar-refractivity contribution in [2.24, 2.45) is 5.73 Å². The first-order valence-corrected chi connectivity index (χ1v) is 4.53. The van der Waals surface area contributed by atoms with Gasteiger partial charge in [0.25, 0.3) is 0 Å². The van der Waals surface area contributed by atoms with E-state index in [0.717, 1.165) is 10.9 Å². The van der Waals surface area contributed by atoms with Crippen LogP contribution in [-0.4, -0.2) is 15.8 Å². The molecule has 0 aliphatic heterocycles. The summed E-state index contributed by atoms with van der Waals surface area (Å²) in [5.74, 6) is -0.238. The summed E-state index contributed by atoms with van der Waals surface area (Å²) in [5, 5.41) is 4.96. The van der Waals surface area contributed by atoms with Gasteiger partial charge in [-0.2, -0.15) is 5.10 Å². The molecule has 0 bridgehead atoms. The van der Waals surface area contributed by atoms with Crippen LogP contribution in [0, 0.1) is 5.82 Å². The minimum atomic E-state index is -0.238. The zero-order valence-electron chi connectivity index (χ0n) is 8.35. The molecule has 1 heterocycles. The number of rotatable bonds is 2. The third-order valence-electron chi connectivity index (χ3n) is 2.06. The van der Waals surface area contributed by atoms with Gasteiger partial charge < -0.3 is 5.73 Å². The second-order valence-corrected chi connectivity index (χ2v) is 3.51. The average molecular weight is 230 g/mol. The summed E-state index contributed by atoms with van der Waals surface area (Å²) in [7, 11) is 0. The fraction of sp³-hybridized carbons (Fsp3) is 0.300. The van der Waals surface area contributed by atoms with Crippen LogP contribution in [0.4, 0.5) is 4.39 Å². The zero-order chi connectivity index (χ0) is 10.1. The molecule has 0 aliphatic carbocycles. The predicted octanol–water partition coefficient (Wildman–Crippen LogP) is 1.94. The molecule has 0 aliphatic rings. The Morgan fingerprint density at radius 2 is 2.27 bits per heavy atom. The lowest BCUT2D eigenvalue weighted by molar-refractivity contribution is 0.553. The monoisotopic (exact) mass is 229 g/mol. The highest BCUT2D eigenvalue weighted by atomic mass is 35.5. The normalized spacial score (nSPS) is 12.5. The van der Waals surface area contributed by atoms with Crippen LogP contribution in [0.5, 0.6) is 0 Å². The van der Waals surface area contributed by atoms with Gasteiger partial charge in [-0.15, -0.1) is 12.4 Å². The lowest BCUT2D eigenvalue weighted by Gasteiger charge is -2.06. The number of fused-ring (bicyclic) bond motifs is 1. The van der Waals surface area contributed by atoms with Crippen LogP contribution in [-0.2, 0) is 6.54 Å². The number of halogens is 2. The van der Waals surface area contributed by atoms with Crippen molar-refractivity contribution < 1.29 is 4.39 Å². The van der Waals surface area contributed by atoms with E-state index in [2.05, 4.69) is 5.10 Å². The molecule has 82 valence electrons. The lowest BCUT2D eigenvalue weighted by atomic mass is 10.2. The van der Waals surface area contributed by atoms with Crippen molar-refractivity contribution in [3.05, 3.63) is 30.2 Å². The van der Waals surface area contributed by atoms with Gasteiger partial charge in [-0.05, 0) is 25.1 Å². The second-order valence-electron chi connectivity index (χ2n) is 3.51. The maximum Gasteiger partial charge on any atom is 0.124 e. The number of hydrogen-bond donors (Lipinski definition) is 1. The topological polar surface area (TPSA) is 43.8 Å². The Morgan fingerprint density at radius 1 is 1.53 bits per heavy atom. The van der Waals surface area contributed by atoms with Crippen LogP contribution in [0.15, 0.2) is 24.4 Å². The second kappa shape index (κ2) is 4.59. The molecule has 0 unspecified atom stereocenters. The van der Waals surface area contributed by atoms with Gasteiger partial charge in [0.05, 0.1) is 18.3 Å². The molecule has 0 amide bonds. The van der Waals surface area contributed by atoms with Crippen molar-refractivity contribution in [1.29, 1.82) is 0 Å². The fourth-order valence-corrected chi connectivity index (χ4v) is 1.48. The maximum absolute atomic E-state index is 12.8. The summed E-state index contributed by atoms with van der Waals surface area (Å²) in [4.78, 5) is 0. The standard InChI is InChI=1S/C10H12FN3.ClH/c1-7(12)6-14-10-3-2-9(11)4-8(10)5-13-14;/h2-5,7H,6,12H2,1H3;1H/t7-;/m0./s1. The Kier molecular flexibility index (Phi) is 3.66.